The fourth-order valence-electron chi connectivity index (χ4n) is 2.32. The van der Waals surface area contributed by atoms with Gasteiger partial charge in [0.2, 0.25) is 0 Å². The molecule has 0 saturated heterocycles. The smallest absolute Gasteiger partial charge is 0.308 e. The number of aromatic nitrogens is 1. The van der Waals surface area contributed by atoms with Gasteiger partial charge in [-0.05, 0) is 57.2 Å². The van der Waals surface area contributed by atoms with E-state index in [-0.39, 0.29) is 18.2 Å². The molecule has 2 rings (SSSR count). The summed E-state index contributed by atoms with van der Waals surface area (Å²) in [5, 5.41) is 2.66. The number of rotatable bonds is 7. The molecule has 0 bridgehead atoms. The molecule has 25 heavy (non-hydrogen) atoms. The van der Waals surface area contributed by atoms with Crippen LogP contribution in [0.1, 0.15) is 43.6 Å². The van der Waals surface area contributed by atoms with Crippen molar-refractivity contribution in [3.63, 3.8) is 0 Å². The van der Waals surface area contributed by atoms with Crippen molar-refractivity contribution >= 4 is 23.3 Å². The molecule has 0 aliphatic carbocycles. The van der Waals surface area contributed by atoms with E-state index in [1.165, 1.54) is 13.8 Å². The van der Waals surface area contributed by atoms with Crippen LogP contribution >= 0.6 is 0 Å². The maximum Gasteiger partial charge on any atom is 0.308 e. The number of Topliss-reactive ketones (excluding diaryl/α,β-unsaturated/α-hetero) is 1. The van der Waals surface area contributed by atoms with Gasteiger partial charge in [0.15, 0.2) is 11.9 Å². The summed E-state index contributed by atoms with van der Waals surface area (Å²) in [5.74, 6) is -0.898. The molecule has 0 unspecified atom stereocenters. The number of ketones is 1. The number of nitrogens with zero attached hydrogens (tertiary/aromatic N) is 1. The third-order valence-electron chi connectivity index (χ3n) is 3.83. The maximum atomic E-state index is 12.1. The summed E-state index contributed by atoms with van der Waals surface area (Å²) in [6.45, 7) is 4.91. The van der Waals surface area contributed by atoms with Crippen molar-refractivity contribution in [3.05, 3.63) is 54.4 Å². The molecule has 0 fully saturated rings. The van der Waals surface area contributed by atoms with E-state index in [2.05, 4.69) is 5.32 Å². The molecule has 132 valence electrons. The van der Waals surface area contributed by atoms with E-state index < -0.39 is 18.0 Å². The molecule has 2 atom stereocenters. The molecule has 6 heteroatoms. The van der Waals surface area contributed by atoms with Crippen LogP contribution in [-0.4, -0.2) is 28.3 Å². The van der Waals surface area contributed by atoms with Gasteiger partial charge >= 0.3 is 5.97 Å². The zero-order valence-electron chi connectivity index (χ0n) is 14.6. The number of hydrogen-bond donors (Lipinski definition) is 1. The maximum absolute atomic E-state index is 12.1. The third kappa shape index (κ3) is 5.31. The van der Waals surface area contributed by atoms with Gasteiger partial charge in [0, 0.05) is 29.7 Å². The van der Waals surface area contributed by atoms with E-state index in [0.29, 0.717) is 11.3 Å². The number of nitrogens with one attached hydrogen (secondary N) is 1. The molecule has 1 aromatic carbocycles. The van der Waals surface area contributed by atoms with Crippen LogP contribution in [0, 0.1) is 0 Å². The van der Waals surface area contributed by atoms with Crippen LogP contribution in [0.5, 0.6) is 0 Å². The van der Waals surface area contributed by atoms with Crippen LogP contribution in [-0.2, 0) is 14.3 Å². The van der Waals surface area contributed by atoms with Gasteiger partial charge in [-0.25, -0.2) is 0 Å². The minimum Gasteiger partial charge on any atom is -0.452 e. The molecule has 0 aliphatic heterocycles. The highest BCUT2D eigenvalue weighted by molar-refractivity contribution is 5.97. The Morgan fingerprint density at radius 1 is 1.08 bits per heavy atom. The van der Waals surface area contributed by atoms with Crippen molar-refractivity contribution in [2.24, 2.45) is 0 Å². The molecular formula is C19H22N2O4. The Labute approximate surface area is 146 Å². The number of ether oxygens (including phenoxy) is 1. The Morgan fingerprint density at radius 2 is 1.68 bits per heavy atom. The van der Waals surface area contributed by atoms with Gasteiger partial charge in [-0.2, -0.15) is 0 Å². The Bertz CT molecular complexity index is 735. The van der Waals surface area contributed by atoms with E-state index in [9.17, 15) is 14.4 Å². The Morgan fingerprint density at radius 3 is 2.24 bits per heavy atom. The fourth-order valence-corrected chi connectivity index (χ4v) is 2.32. The Kier molecular flexibility index (Phi) is 6.11. The van der Waals surface area contributed by atoms with E-state index in [1.807, 2.05) is 36.0 Å². The first-order valence-corrected chi connectivity index (χ1v) is 8.10. The molecule has 1 amide bonds. The van der Waals surface area contributed by atoms with Gasteiger partial charge in [0.25, 0.3) is 5.91 Å². The Hall–Kier alpha value is -2.89. The van der Waals surface area contributed by atoms with Crippen molar-refractivity contribution in [1.82, 2.24) is 4.57 Å². The van der Waals surface area contributed by atoms with E-state index in [4.69, 9.17) is 4.74 Å². The number of hydrogen-bond acceptors (Lipinski definition) is 4. The summed E-state index contributed by atoms with van der Waals surface area (Å²) in [7, 11) is 0. The van der Waals surface area contributed by atoms with Gasteiger partial charge in [-0.1, -0.05) is 0 Å². The lowest BCUT2D eigenvalue weighted by molar-refractivity contribution is -0.153. The zero-order valence-corrected chi connectivity index (χ0v) is 14.6. The number of benzene rings is 1. The predicted octanol–water partition coefficient (Wildman–Crippen LogP) is 3.21. The number of carbonyl (C=O) groups excluding carboxylic acids is 3. The summed E-state index contributed by atoms with van der Waals surface area (Å²) < 4.78 is 7.10. The van der Waals surface area contributed by atoms with Gasteiger partial charge in [0.1, 0.15) is 0 Å². The number of anilines is 1. The first kappa shape index (κ1) is 18.4. The molecule has 6 nitrogen and oxygen atoms in total. The third-order valence-corrected chi connectivity index (χ3v) is 3.83. The molecule has 0 radical (unpaired) electrons. The Balaban J connectivity index is 1.84. The van der Waals surface area contributed by atoms with Crippen LogP contribution in [0.3, 0.4) is 0 Å². The number of amides is 1. The van der Waals surface area contributed by atoms with Crippen LogP contribution in [0.4, 0.5) is 5.69 Å². The van der Waals surface area contributed by atoms with Crippen molar-refractivity contribution in [3.8, 4) is 0 Å². The van der Waals surface area contributed by atoms with Gasteiger partial charge in [-0.15, -0.1) is 0 Å². The topological polar surface area (TPSA) is 77.4 Å². The van der Waals surface area contributed by atoms with Crippen molar-refractivity contribution in [1.29, 1.82) is 0 Å². The summed E-state index contributed by atoms with van der Waals surface area (Å²) in [6.07, 6.45) is 3.02. The first-order valence-electron chi connectivity index (χ1n) is 8.10. The molecule has 2 aromatic rings. The summed E-state index contributed by atoms with van der Waals surface area (Å²) in [6, 6.07) is 10.3. The molecule has 1 aromatic heterocycles. The zero-order chi connectivity index (χ0) is 18.4. The van der Waals surface area contributed by atoms with Crippen molar-refractivity contribution in [2.75, 3.05) is 5.32 Å². The lowest BCUT2D eigenvalue weighted by atomic mass is 10.1. The highest BCUT2D eigenvalue weighted by atomic mass is 16.5. The molecule has 1 N–H and O–H groups in total. The second kappa shape index (κ2) is 8.28. The molecular weight excluding hydrogens is 320 g/mol. The molecule has 0 aliphatic rings. The fraction of sp³-hybridized carbons (Fsp3) is 0.316. The highest BCUT2D eigenvalue weighted by Gasteiger charge is 2.20. The minimum absolute atomic E-state index is 0.0445. The largest absolute Gasteiger partial charge is 0.452 e. The highest BCUT2D eigenvalue weighted by Crippen LogP contribution is 2.14. The monoisotopic (exact) mass is 342 g/mol. The van der Waals surface area contributed by atoms with Crippen LogP contribution in [0.25, 0.3) is 0 Å². The predicted molar refractivity (Wildman–Crippen MR) is 94.4 cm³/mol. The standard InChI is InChI=1S/C19H22N2O4/c1-13(21-10-4-5-11-21)12-18(23)25-15(3)19(24)20-17-8-6-16(7-9-17)14(2)22/h4-11,13,15H,12H2,1-3H3,(H,20,24)/t13-,15-/m0/s1. The van der Waals surface area contributed by atoms with Crippen LogP contribution < -0.4 is 5.32 Å². The summed E-state index contributed by atoms with van der Waals surface area (Å²) in [4.78, 5) is 35.3. The van der Waals surface area contributed by atoms with Crippen molar-refractivity contribution < 1.29 is 19.1 Å². The lowest BCUT2D eigenvalue weighted by Gasteiger charge is -2.16. The first-order chi connectivity index (χ1) is 11.9. The van der Waals surface area contributed by atoms with Gasteiger partial charge in [-0.3, -0.25) is 14.4 Å². The summed E-state index contributed by atoms with van der Waals surface area (Å²) in [5.41, 5.74) is 1.11. The number of esters is 1. The van der Waals surface area contributed by atoms with Crippen molar-refractivity contribution in [2.45, 2.75) is 39.3 Å². The SMILES string of the molecule is CC(=O)c1ccc(NC(=O)[C@H](C)OC(=O)C[C@H](C)n2cccc2)cc1. The quantitative estimate of drug-likeness (QED) is 0.619. The average Bonchev–Trinajstić information content (AvgIpc) is 3.09. The van der Waals surface area contributed by atoms with E-state index in [1.54, 1.807) is 24.3 Å². The normalized spacial score (nSPS) is 12.9. The van der Waals surface area contributed by atoms with Gasteiger partial charge < -0.3 is 14.6 Å². The average molecular weight is 342 g/mol. The van der Waals surface area contributed by atoms with Gasteiger partial charge in [0.05, 0.1) is 6.42 Å². The number of carbonyl (C=O) groups is 3. The molecule has 0 spiro atoms. The van der Waals surface area contributed by atoms with Crippen LogP contribution in [0.2, 0.25) is 0 Å². The minimum atomic E-state index is -0.906. The second-order valence-corrected chi connectivity index (χ2v) is 5.94. The second-order valence-electron chi connectivity index (χ2n) is 5.94. The van der Waals surface area contributed by atoms with E-state index in [0.717, 1.165) is 0 Å². The molecule has 1 heterocycles. The molecule has 0 saturated carbocycles. The van der Waals surface area contributed by atoms with Crippen LogP contribution in [0.15, 0.2) is 48.8 Å². The summed E-state index contributed by atoms with van der Waals surface area (Å²) >= 11 is 0. The van der Waals surface area contributed by atoms with E-state index >= 15 is 0 Å². The lowest BCUT2D eigenvalue weighted by Crippen LogP contribution is -2.30.